The van der Waals surface area contributed by atoms with Gasteiger partial charge in [0.2, 0.25) is 5.95 Å². The van der Waals surface area contributed by atoms with Crippen molar-refractivity contribution >= 4 is 22.8 Å². The minimum Gasteiger partial charge on any atom is -0.372 e. The maximum Gasteiger partial charge on any atom is 0.226 e. The number of aromatic amines is 1. The zero-order valence-electron chi connectivity index (χ0n) is 12.1. The minimum absolute atomic E-state index is 0.193. The molecule has 0 spiro atoms. The highest BCUT2D eigenvalue weighted by Crippen LogP contribution is 2.26. The van der Waals surface area contributed by atoms with Crippen molar-refractivity contribution in [2.45, 2.75) is 33.0 Å². The van der Waals surface area contributed by atoms with Gasteiger partial charge in [-0.15, -0.1) is 0 Å². The number of hydrogen-bond acceptors (Lipinski definition) is 6. The van der Waals surface area contributed by atoms with Gasteiger partial charge in [0.1, 0.15) is 5.82 Å². The van der Waals surface area contributed by atoms with Crippen molar-refractivity contribution in [3.63, 3.8) is 0 Å². The molecule has 0 unspecified atom stereocenters. The lowest BCUT2D eigenvalue weighted by atomic mass is 10.2. The summed E-state index contributed by atoms with van der Waals surface area (Å²) in [5, 5.41) is 11.1. The van der Waals surface area contributed by atoms with E-state index in [1.54, 1.807) is 6.20 Å². The summed E-state index contributed by atoms with van der Waals surface area (Å²) in [4.78, 5) is 11.3. The molecule has 3 rings (SSSR count). The Bertz CT molecular complexity index is 588. The Kier molecular flexibility index (Phi) is 3.43. The average molecular weight is 276 g/mol. The van der Waals surface area contributed by atoms with E-state index in [0.29, 0.717) is 5.95 Å². The lowest BCUT2D eigenvalue weighted by molar-refractivity contribution is -0.00536. The molecule has 7 nitrogen and oxygen atoms in total. The van der Waals surface area contributed by atoms with Gasteiger partial charge in [0, 0.05) is 19.6 Å². The second-order valence-electron chi connectivity index (χ2n) is 5.20. The van der Waals surface area contributed by atoms with E-state index in [-0.39, 0.29) is 12.2 Å². The molecule has 3 heterocycles. The smallest absolute Gasteiger partial charge is 0.226 e. The molecule has 1 aliphatic heterocycles. The Morgan fingerprint density at radius 3 is 2.80 bits per heavy atom. The van der Waals surface area contributed by atoms with Gasteiger partial charge in [-0.2, -0.15) is 15.1 Å². The molecular formula is C13H20N6O. The zero-order chi connectivity index (χ0) is 14.1. The van der Waals surface area contributed by atoms with Crippen LogP contribution in [0.3, 0.4) is 0 Å². The van der Waals surface area contributed by atoms with E-state index in [1.165, 1.54) is 0 Å². The number of H-pyrrole nitrogens is 1. The number of fused-ring (bicyclic) bond motifs is 1. The molecular weight excluding hydrogens is 256 g/mol. The number of anilines is 2. The number of nitrogens with zero attached hydrogens (tertiary/aromatic N) is 4. The molecule has 0 saturated carbocycles. The van der Waals surface area contributed by atoms with E-state index in [2.05, 4.69) is 44.2 Å². The van der Waals surface area contributed by atoms with Gasteiger partial charge in [0.25, 0.3) is 0 Å². The number of hydrogen-bond donors (Lipinski definition) is 2. The van der Waals surface area contributed by atoms with Crippen molar-refractivity contribution in [2.24, 2.45) is 0 Å². The Labute approximate surface area is 117 Å². The van der Waals surface area contributed by atoms with Gasteiger partial charge in [0.15, 0.2) is 5.65 Å². The molecule has 7 heteroatoms. The molecule has 0 aromatic carbocycles. The number of nitrogens with one attached hydrogen (secondary N) is 2. The van der Waals surface area contributed by atoms with Crippen LogP contribution in [-0.2, 0) is 4.74 Å². The number of rotatable bonds is 3. The van der Waals surface area contributed by atoms with Gasteiger partial charge in [-0.1, -0.05) is 0 Å². The lowest BCUT2D eigenvalue weighted by Gasteiger charge is -2.36. The van der Waals surface area contributed by atoms with Crippen molar-refractivity contribution in [2.75, 3.05) is 29.9 Å². The Hall–Kier alpha value is -1.89. The summed E-state index contributed by atoms with van der Waals surface area (Å²) in [5.41, 5.74) is 0.762. The fourth-order valence-electron chi connectivity index (χ4n) is 2.65. The van der Waals surface area contributed by atoms with Crippen LogP contribution in [0, 0.1) is 0 Å². The maximum absolute atomic E-state index is 5.79. The molecule has 108 valence electrons. The molecule has 0 bridgehead atoms. The monoisotopic (exact) mass is 276 g/mol. The Morgan fingerprint density at radius 2 is 2.10 bits per heavy atom. The Balaban J connectivity index is 2.02. The highest BCUT2D eigenvalue weighted by Gasteiger charge is 2.25. The molecule has 2 aromatic rings. The normalized spacial score (nSPS) is 23.2. The first-order valence-electron chi connectivity index (χ1n) is 7.02. The van der Waals surface area contributed by atoms with Crippen LogP contribution in [0.25, 0.3) is 11.0 Å². The van der Waals surface area contributed by atoms with E-state index in [0.717, 1.165) is 36.5 Å². The second kappa shape index (κ2) is 5.24. The van der Waals surface area contributed by atoms with E-state index < -0.39 is 0 Å². The highest BCUT2D eigenvalue weighted by atomic mass is 16.5. The van der Waals surface area contributed by atoms with Crippen molar-refractivity contribution in [1.82, 2.24) is 20.2 Å². The van der Waals surface area contributed by atoms with Crippen LogP contribution in [0.2, 0.25) is 0 Å². The summed E-state index contributed by atoms with van der Waals surface area (Å²) in [6, 6.07) is 0. The SMILES string of the molecule is CCNc1nc(N2C[C@@H](C)O[C@@H](C)C2)c2cn[nH]c2n1. The first kappa shape index (κ1) is 13.1. The maximum atomic E-state index is 5.79. The summed E-state index contributed by atoms with van der Waals surface area (Å²) in [5.74, 6) is 1.55. The molecule has 0 amide bonds. The minimum atomic E-state index is 0.193. The molecule has 1 aliphatic rings. The van der Waals surface area contributed by atoms with E-state index >= 15 is 0 Å². The molecule has 1 saturated heterocycles. The topological polar surface area (TPSA) is 79.0 Å². The first-order valence-corrected chi connectivity index (χ1v) is 7.02. The third-order valence-corrected chi connectivity index (χ3v) is 3.34. The van der Waals surface area contributed by atoms with Gasteiger partial charge >= 0.3 is 0 Å². The molecule has 0 radical (unpaired) electrons. The van der Waals surface area contributed by atoms with E-state index in [4.69, 9.17) is 4.74 Å². The molecule has 0 aliphatic carbocycles. The second-order valence-corrected chi connectivity index (χ2v) is 5.20. The quantitative estimate of drug-likeness (QED) is 0.882. The lowest BCUT2D eigenvalue weighted by Crippen LogP contribution is -2.46. The fraction of sp³-hybridized carbons (Fsp3) is 0.615. The fourth-order valence-corrected chi connectivity index (χ4v) is 2.65. The number of aromatic nitrogens is 4. The molecule has 2 N–H and O–H groups in total. The molecule has 1 fully saturated rings. The van der Waals surface area contributed by atoms with Crippen LogP contribution < -0.4 is 10.2 Å². The number of ether oxygens (including phenoxy) is 1. The van der Waals surface area contributed by atoms with Crippen molar-refractivity contribution in [3.8, 4) is 0 Å². The van der Waals surface area contributed by atoms with Gasteiger partial charge in [-0.25, -0.2) is 0 Å². The van der Waals surface area contributed by atoms with Gasteiger partial charge in [-0.3, -0.25) is 5.10 Å². The largest absolute Gasteiger partial charge is 0.372 e. The van der Waals surface area contributed by atoms with Crippen LogP contribution in [0.1, 0.15) is 20.8 Å². The van der Waals surface area contributed by atoms with Crippen LogP contribution >= 0.6 is 0 Å². The average Bonchev–Trinajstić information content (AvgIpc) is 2.85. The van der Waals surface area contributed by atoms with E-state index in [9.17, 15) is 0 Å². The highest BCUT2D eigenvalue weighted by molar-refractivity contribution is 5.87. The van der Waals surface area contributed by atoms with Crippen LogP contribution in [0.15, 0.2) is 6.20 Å². The predicted molar refractivity (Wildman–Crippen MR) is 78.1 cm³/mol. The van der Waals surface area contributed by atoms with Crippen LogP contribution in [0.4, 0.5) is 11.8 Å². The van der Waals surface area contributed by atoms with Gasteiger partial charge in [-0.05, 0) is 20.8 Å². The first-order chi connectivity index (χ1) is 9.67. The van der Waals surface area contributed by atoms with Gasteiger partial charge < -0.3 is 15.0 Å². The molecule has 2 atom stereocenters. The standard InChI is InChI=1S/C13H20N6O/c1-4-14-13-16-11-10(5-15-18-11)12(17-13)19-6-8(2)20-9(3)7-19/h5,8-9H,4,6-7H2,1-3H3,(H2,14,15,16,17,18)/t8-,9+. The van der Waals surface area contributed by atoms with Crippen molar-refractivity contribution in [3.05, 3.63) is 6.20 Å². The summed E-state index contributed by atoms with van der Waals surface area (Å²) in [6.07, 6.45) is 2.17. The van der Waals surface area contributed by atoms with Crippen molar-refractivity contribution in [1.29, 1.82) is 0 Å². The third kappa shape index (κ3) is 2.40. The summed E-state index contributed by atoms with van der Waals surface area (Å²) in [7, 11) is 0. The zero-order valence-corrected chi connectivity index (χ0v) is 12.1. The molecule has 2 aromatic heterocycles. The van der Waals surface area contributed by atoms with Crippen molar-refractivity contribution < 1.29 is 4.74 Å². The third-order valence-electron chi connectivity index (χ3n) is 3.34. The van der Waals surface area contributed by atoms with Crippen LogP contribution in [0.5, 0.6) is 0 Å². The van der Waals surface area contributed by atoms with E-state index in [1.807, 2.05) is 6.92 Å². The van der Waals surface area contributed by atoms with Gasteiger partial charge in [0.05, 0.1) is 23.8 Å². The van der Waals surface area contributed by atoms with Crippen LogP contribution in [-0.4, -0.2) is 52.0 Å². The number of morpholine rings is 1. The Morgan fingerprint density at radius 1 is 1.35 bits per heavy atom. The summed E-state index contributed by atoms with van der Waals surface area (Å²) >= 11 is 0. The predicted octanol–water partition coefficient (Wildman–Crippen LogP) is 1.40. The summed E-state index contributed by atoms with van der Waals surface area (Å²) in [6.45, 7) is 8.64. The summed E-state index contributed by atoms with van der Waals surface area (Å²) < 4.78 is 5.79. The molecule has 20 heavy (non-hydrogen) atoms.